The highest BCUT2D eigenvalue weighted by Gasteiger charge is 2.08. The van der Waals surface area contributed by atoms with E-state index in [4.69, 9.17) is 0 Å². The lowest BCUT2D eigenvalue weighted by molar-refractivity contribution is 0.596. The number of aromatic nitrogens is 1. The average Bonchev–Trinajstić information content (AvgIpc) is 2.75. The van der Waals surface area contributed by atoms with E-state index < -0.39 is 0 Å². The Morgan fingerprint density at radius 1 is 1.44 bits per heavy atom. The van der Waals surface area contributed by atoms with E-state index in [1.54, 1.807) is 17.4 Å². The van der Waals surface area contributed by atoms with Gasteiger partial charge in [0.05, 0.1) is 4.90 Å². The maximum absolute atomic E-state index is 13.9. The second-order valence-corrected chi connectivity index (χ2v) is 6.05. The fourth-order valence-electron chi connectivity index (χ4n) is 1.48. The number of rotatable bonds is 5. The summed E-state index contributed by atoms with van der Waals surface area (Å²) in [7, 11) is 0. The van der Waals surface area contributed by atoms with Crippen LogP contribution in [0.1, 0.15) is 18.2 Å². The minimum atomic E-state index is -0.178. The molecule has 1 aromatic carbocycles. The zero-order valence-corrected chi connectivity index (χ0v) is 12.0. The fraction of sp³-hybridized carbons (Fsp3) is 0.308. The standard InChI is InChI=1S/C13H15FN2S2/c1-3-15-7-10-4-5-12(11(14)6-10)18-13-16-9(2)8-17-13/h4-6,8,15H,3,7H2,1-2H3. The highest BCUT2D eigenvalue weighted by molar-refractivity contribution is 8.01. The van der Waals surface area contributed by atoms with Gasteiger partial charge in [-0.25, -0.2) is 9.37 Å². The molecule has 0 spiro atoms. The van der Waals surface area contributed by atoms with Crippen molar-refractivity contribution in [2.45, 2.75) is 29.6 Å². The quantitative estimate of drug-likeness (QED) is 0.901. The van der Waals surface area contributed by atoms with Gasteiger partial charge < -0.3 is 5.32 Å². The van der Waals surface area contributed by atoms with Crippen LogP contribution in [-0.2, 0) is 6.54 Å². The van der Waals surface area contributed by atoms with Gasteiger partial charge in [-0.2, -0.15) is 0 Å². The van der Waals surface area contributed by atoms with Gasteiger partial charge in [0, 0.05) is 17.6 Å². The van der Waals surface area contributed by atoms with Gasteiger partial charge in [0.25, 0.3) is 0 Å². The smallest absolute Gasteiger partial charge is 0.154 e. The normalized spacial score (nSPS) is 10.8. The molecule has 2 rings (SSSR count). The monoisotopic (exact) mass is 282 g/mol. The van der Waals surface area contributed by atoms with Crippen LogP contribution in [0.5, 0.6) is 0 Å². The van der Waals surface area contributed by atoms with Crippen molar-refractivity contribution in [2.24, 2.45) is 0 Å². The highest BCUT2D eigenvalue weighted by atomic mass is 32.2. The van der Waals surface area contributed by atoms with Gasteiger partial charge >= 0.3 is 0 Å². The molecule has 1 N–H and O–H groups in total. The Morgan fingerprint density at radius 2 is 2.28 bits per heavy atom. The summed E-state index contributed by atoms with van der Waals surface area (Å²) < 4.78 is 14.8. The predicted molar refractivity (Wildman–Crippen MR) is 74.8 cm³/mol. The lowest BCUT2D eigenvalue weighted by atomic mass is 10.2. The van der Waals surface area contributed by atoms with Gasteiger partial charge in [-0.1, -0.05) is 24.8 Å². The van der Waals surface area contributed by atoms with E-state index in [1.807, 2.05) is 31.4 Å². The minimum Gasteiger partial charge on any atom is -0.313 e. The fourth-order valence-corrected chi connectivity index (χ4v) is 3.28. The third-order valence-electron chi connectivity index (χ3n) is 2.37. The number of thiazole rings is 1. The molecular formula is C13H15FN2S2. The summed E-state index contributed by atoms with van der Waals surface area (Å²) in [6.07, 6.45) is 0. The lowest BCUT2D eigenvalue weighted by Crippen LogP contribution is -2.11. The van der Waals surface area contributed by atoms with E-state index in [9.17, 15) is 4.39 Å². The molecule has 0 saturated carbocycles. The Kier molecular flexibility index (Phi) is 4.74. The summed E-state index contributed by atoms with van der Waals surface area (Å²) in [5.41, 5.74) is 1.95. The van der Waals surface area contributed by atoms with E-state index in [1.165, 1.54) is 11.8 Å². The predicted octanol–water partition coefficient (Wildman–Crippen LogP) is 3.85. The summed E-state index contributed by atoms with van der Waals surface area (Å²) in [4.78, 5) is 4.95. The Bertz CT molecular complexity index is 525. The summed E-state index contributed by atoms with van der Waals surface area (Å²) in [6.45, 7) is 5.56. The Labute approximate surface area is 115 Å². The van der Waals surface area contributed by atoms with Gasteiger partial charge in [0.15, 0.2) is 4.34 Å². The molecule has 0 saturated heterocycles. The van der Waals surface area contributed by atoms with Crippen molar-refractivity contribution in [3.05, 3.63) is 40.7 Å². The third kappa shape index (κ3) is 3.54. The number of nitrogens with one attached hydrogen (secondary N) is 1. The number of benzene rings is 1. The maximum atomic E-state index is 13.9. The van der Waals surface area contributed by atoms with Gasteiger partial charge in [0.1, 0.15) is 5.82 Å². The molecule has 0 aliphatic carbocycles. The average molecular weight is 282 g/mol. The number of aryl methyl sites for hydroxylation is 1. The Morgan fingerprint density at radius 3 is 2.89 bits per heavy atom. The lowest BCUT2D eigenvalue weighted by Gasteiger charge is -2.05. The molecule has 0 unspecified atom stereocenters. The van der Waals surface area contributed by atoms with Crippen molar-refractivity contribution in [1.82, 2.24) is 10.3 Å². The molecule has 0 amide bonds. The van der Waals surface area contributed by atoms with Crippen LogP contribution in [0, 0.1) is 12.7 Å². The summed E-state index contributed by atoms with van der Waals surface area (Å²) in [5, 5.41) is 5.15. The summed E-state index contributed by atoms with van der Waals surface area (Å²) in [6, 6.07) is 5.36. The second kappa shape index (κ2) is 6.31. The van der Waals surface area contributed by atoms with Gasteiger partial charge in [0.2, 0.25) is 0 Å². The van der Waals surface area contributed by atoms with E-state index >= 15 is 0 Å². The second-order valence-electron chi connectivity index (χ2n) is 3.90. The summed E-state index contributed by atoms with van der Waals surface area (Å²) in [5.74, 6) is -0.178. The molecular weight excluding hydrogens is 267 g/mol. The van der Waals surface area contributed by atoms with Crippen LogP contribution in [0.15, 0.2) is 32.8 Å². The first-order valence-corrected chi connectivity index (χ1v) is 7.47. The van der Waals surface area contributed by atoms with Crippen LogP contribution < -0.4 is 5.32 Å². The van der Waals surface area contributed by atoms with Crippen LogP contribution in [0.2, 0.25) is 0 Å². The van der Waals surface area contributed by atoms with Crippen LogP contribution in [0.3, 0.4) is 0 Å². The van der Waals surface area contributed by atoms with Gasteiger partial charge in [-0.3, -0.25) is 0 Å². The van der Waals surface area contributed by atoms with Crippen LogP contribution >= 0.6 is 23.1 Å². The van der Waals surface area contributed by atoms with Crippen LogP contribution in [0.4, 0.5) is 4.39 Å². The largest absolute Gasteiger partial charge is 0.313 e. The molecule has 0 atom stereocenters. The molecule has 0 bridgehead atoms. The SMILES string of the molecule is CCNCc1ccc(Sc2nc(C)cs2)c(F)c1. The number of hydrogen-bond donors (Lipinski definition) is 1. The van der Waals surface area contributed by atoms with E-state index in [2.05, 4.69) is 10.3 Å². The van der Waals surface area contributed by atoms with E-state index in [0.717, 1.165) is 22.1 Å². The Balaban J connectivity index is 2.09. The number of nitrogens with zero attached hydrogens (tertiary/aromatic N) is 1. The minimum absolute atomic E-state index is 0.178. The molecule has 1 aromatic heterocycles. The van der Waals surface area contributed by atoms with Crippen LogP contribution in [-0.4, -0.2) is 11.5 Å². The van der Waals surface area contributed by atoms with Crippen molar-refractivity contribution in [3.8, 4) is 0 Å². The molecule has 0 radical (unpaired) electrons. The zero-order chi connectivity index (χ0) is 13.0. The Hall–Kier alpha value is -0.910. The molecule has 2 nitrogen and oxygen atoms in total. The molecule has 1 heterocycles. The molecule has 2 aromatic rings. The summed E-state index contributed by atoms with van der Waals surface area (Å²) >= 11 is 2.92. The van der Waals surface area contributed by atoms with Crippen LogP contribution in [0.25, 0.3) is 0 Å². The first kappa shape index (κ1) is 13.5. The maximum Gasteiger partial charge on any atom is 0.154 e. The van der Waals surface area contributed by atoms with Gasteiger partial charge in [-0.15, -0.1) is 11.3 Å². The van der Waals surface area contributed by atoms with Gasteiger partial charge in [-0.05, 0) is 31.2 Å². The molecule has 96 valence electrons. The number of hydrogen-bond acceptors (Lipinski definition) is 4. The molecule has 0 fully saturated rings. The topological polar surface area (TPSA) is 24.9 Å². The molecule has 18 heavy (non-hydrogen) atoms. The third-order valence-corrected chi connectivity index (χ3v) is 4.48. The number of halogens is 1. The van der Waals surface area contributed by atoms with E-state index in [-0.39, 0.29) is 5.82 Å². The highest BCUT2D eigenvalue weighted by Crippen LogP contribution is 2.32. The van der Waals surface area contributed by atoms with Crippen molar-refractivity contribution in [1.29, 1.82) is 0 Å². The van der Waals surface area contributed by atoms with Crippen molar-refractivity contribution >= 4 is 23.1 Å². The molecule has 5 heteroatoms. The molecule has 0 aliphatic rings. The first-order valence-electron chi connectivity index (χ1n) is 5.78. The van der Waals surface area contributed by atoms with Crippen molar-refractivity contribution in [2.75, 3.05) is 6.54 Å². The van der Waals surface area contributed by atoms with Crippen molar-refractivity contribution in [3.63, 3.8) is 0 Å². The van der Waals surface area contributed by atoms with Crippen molar-refractivity contribution < 1.29 is 4.39 Å². The van der Waals surface area contributed by atoms with E-state index in [0.29, 0.717) is 11.4 Å². The first-order chi connectivity index (χ1) is 8.69. The zero-order valence-electron chi connectivity index (χ0n) is 10.4. The molecule has 0 aliphatic heterocycles.